The summed E-state index contributed by atoms with van der Waals surface area (Å²) < 4.78 is 2.73. The lowest BCUT2D eigenvalue weighted by Crippen LogP contribution is -2.20. The van der Waals surface area contributed by atoms with E-state index in [-0.39, 0.29) is 5.41 Å². The number of hydrogen-bond acceptors (Lipinski definition) is 2. The van der Waals surface area contributed by atoms with Crippen molar-refractivity contribution in [3.8, 4) is 11.1 Å². The molecule has 7 aromatic rings. The lowest BCUT2D eigenvalue weighted by molar-refractivity contribution is 0.612. The third-order valence-electron chi connectivity index (χ3n) is 14.1. The number of nitrogens with zero attached hydrogens (tertiary/aromatic N) is 1. The van der Waals surface area contributed by atoms with Gasteiger partial charge in [-0.05, 0) is 167 Å². The maximum Gasteiger partial charge on any atom is 0.0461 e. The van der Waals surface area contributed by atoms with Crippen molar-refractivity contribution in [3.05, 3.63) is 220 Å². The van der Waals surface area contributed by atoms with Crippen LogP contribution in [0.5, 0.6) is 0 Å². The van der Waals surface area contributed by atoms with E-state index < -0.39 is 0 Å². The zero-order chi connectivity index (χ0) is 49.2. The minimum atomic E-state index is 0.0164. The summed E-state index contributed by atoms with van der Waals surface area (Å²) in [5, 5.41) is 2.73. The molecule has 0 saturated heterocycles. The molecule has 354 valence electrons. The van der Waals surface area contributed by atoms with E-state index in [1.165, 1.54) is 104 Å². The number of thiophene rings is 1. The number of allylic oxidation sites excluding steroid dienone is 12. The first-order valence-electron chi connectivity index (χ1n) is 26.1. The Morgan fingerprint density at radius 1 is 0.493 bits per heavy atom. The molecule has 11 rings (SSSR count). The van der Waals surface area contributed by atoms with E-state index in [1.807, 2.05) is 66.7 Å². The number of para-hydroxylation sites is 1. The third-order valence-corrected chi connectivity index (χ3v) is 15.2. The molecule has 1 aromatic heterocycles. The summed E-state index contributed by atoms with van der Waals surface area (Å²) in [6.07, 6.45) is 21.6. The summed E-state index contributed by atoms with van der Waals surface area (Å²) in [5.74, 6) is 0.494. The van der Waals surface area contributed by atoms with Gasteiger partial charge in [-0.15, -0.1) is 11.3 Å². The Balaban J connectivity index is 0.000000838. The Morgan fingerprint density at radius 3 is 1.65 bits per heavy atom. The third kappa shape index (κ3) is 10.1. The molecule has 1 unspecified atom stereocenters. The van der Waals surface area contributed by atoms with Crippen LogP contribution in [0.3, 0.4) is 0 Å². The highest BCUT2D eigenvalue weighted by atomic mass is 32.1. The van der Waals surface area contributed by atoms with Crippen LogP contribution >= 0.6 is 11.3 Å². The van der Waals surface area contributed by atoms with Gasteiger partial charge in [0.25, 0.3) is 0 Å². The predicted molar refractivity (Wildman–Crippen MR) is 309 cm³/mol. The molecule has 0 amide bonds. The van der Waals surface area contributed by atoms with Crippen LogP contribution in [0.15, 0.2) is 181 Å². The Morgan fingerprint density at radius 2 is 1.04 bits per heavy atom. The second-order valence-electron chi connectivity index (χ2n) is 18.0. The SMILES string of the molecule is CC.CC.CC.CC.Cc1ccc(C2=CC=C(c3ccc4c(c3)sc3ccccc34)CC2)cc1-c1cc(C2=CC=C(N(c3ccccc3)c3ccc4c(c3)C(C)(C)C3=CC=CCC34)CC2)ccc1C. The van der Waals surface area contributed by atoms with Gasteiger partial charge in [-0.25, -0.2) is 0 Å². The molecule has 0 fully saturated rings. The van der Waals surface area contributed by atoms with Gasteiger partial charge in [0.2, 0.25) is 0 Å². The van der Waals surface area contributed by atoms with E-state index in [4.69, 9.17) is 0 Å². The molecule has 1 atom stereocenters. The average Bonchev–Trinajstić information content (AvgIpc) is 3.90. The van der Waals surface area contributed by atoms with E-state index in [2.05, 4.69) is 203 Å². The van der Waals surface area contributed by atoms with Crippen molar-refractivity contribution in [3.63, 3.8) is 0 Å². The Hall–Kier alpha value is -6.22. The topological polar surface area (TPSA) is 3.24 Å². The second kappa shape index (κ2) is 22.9. The van der Waals surface area contributed by atoms with Crippen LogP contribution in [-0.4, -0.2) is 0 Å². The van der Waals surface area contributed by atoms with Crippen molar-refractivity contribution >= 4 is 59.6 Å². The summed E-state index contributed by atoms with van der Waals surface area (Å²) in [6, 6.07) is 48.2. The minimum Gasteiger partial charge on any atom is -0.314 e. The molecule has 0 aliphatic heterocycles. The summed E-state index contributed by atoms with van der Waals surface area (Å²) in [5.41, 5.74) is 21.8. The van der Waals surface area contributed by atoms with Crippen LogP contribution in [0, 0.1) is 13.8 Å². The number of benzene rings is 6. The van der Waals surface area contributed by atoms with Gasteiger partial charge in [0.1, 0.15) is 0 Å². The largest absolute Gasteiger partial charge is 0.314 e. The van der Waals surface area contributed by atoms with Crippen molar-refractivity contribution in [1.82, 2.24) is 0 Å². The predicted octanol–water partition coefficient (Wildman–Crippen LogP) is 20.9. The zero-order valence-electron chi connectivity index (χ0n) is 43.6. The molecule has 4 aliphatic rings. The average molecular weight is 926 g/mol. The molecule has 0 N–H and O–H groups in total. The number of anilines is 2. The highest BCUT2D eigenvalue weighted by Gasteiger charge is 2.42. The fourth-order valence-electron chi connectivity index (χ4n) is 10.6. The second-order valence-corrected chi connectivity index (χ2v) is 19.1. The summed E-state index contributed by atoms with van der Waals surface area (Å²) in [7, 11) is 0. The van der Waals surface area contributed by atoms with Crippen molar-refractivity contribution in [1.29, 1.82) is 0 Å². The standard InChI is InChI=1S/C59H51NS.4C2H6/c1-38-18-20-43(40-22-24-41(25-23-40)45-28-32-52-51-15-9-11-17-57(51)61-58(52)36-45)34-53(38)54-35-44(21-19-39(54)2)42-26-29-47(30-27-42)60(46-12-6-5-7-13-46)48-31-33-50-49-14-8-10-16-55(49)59(3,4)56(50)37-48;4*1-2/h5-13,15-22,24,26,28-29,31-37,49H,14,23,25,27,30H2,1-4H3;4*1-2H3. The van der Waals surface area contributed by atoms with Gasteiger partial charge in [0, 0.05) is 48.6 Å². The minimum absolute atomic E-state index is 0.0164. The number of hydrogen-bond donors (Lipinski definition) is 0. The molecule has 69 heavy (non-hydrogen) atoms. The highest BCUT2D eigenvalue weighted by Crippen LogP contribution is 2.54. The van der Waals surface area contributed by atoms with Crippen LogP contribution in [0.2, 0.25) is 0 Å². The van der Waals surface area contributed by atoms with Gasteiger partial charge in [-0.3, -0.25) is 0 Å². The molecular weight excluding hydrogens is 851 g/mol. The summed E-state index contributed by atoms with van der Waals surface area (Å²) in [4.78, 5) is 2.50. The zero-order valence-corrected chi connectivity index (χ0v) is 44.5. The van der Waals surface area contributed by atoms with Crippen molar-refractivity contribution < 1.29 is 0 Å². The van der Waals surface area contributed by atoms with Crippen molar-refractivity contribution in [2.45, 2.75) is 127 Å². The van der Waals surface area contributed by atoms with Gasteiger partial charge in [-0.1, -0.05) is 190 Å². The van der Waals surface area contributed by atoms with Crippen molar-refractivity contribution in [2.75, 3.05) is 4.90 Å². The van der Waals surface area contributed by atoms with Crippen LogP contribution in [0.4, 0.5) is 11.4 Å². The monoisotopic (exact) mass is 926 g/mol. The molecule has 6 aromatic carbocycles. The van der Waals surface area contributed by atoms with Gasteiger partial charge in [0.15, 0.2) is 0 Å². The molecule has 0 radical (unpaired) electrons. The maximum absolute atomic E-state index is 2.50. The normalized spacial score (nSPS) is 16.2. The fourth-order valence-corrected chi connectivity index (χ4v) is 11.8. The molecule has 0 saturated carbocycles. The van der Waals surface area contributed by atoms with Crippen molar-refractivity contribution in [2.24, 2.45) is 0 Å². The molecule has 0 bridgehead atoms. The maximum atomic E-state index is 2.50. The molecule has 2 heteroatoms. The molecule has 0 spiro atoms. The number of aryl methyl sites for hydroxylation is 2. The quantitative estimate of drug-likeness (QED) is 0.154. The van der Waals surface area contributed by atoms with E-state index >= 15 is 0 Å². The Kier molecular flexibility index (Phi) is 16.8. The van der Waals surface area contributed by atoms with E-state index in [1.54, 1.807) is 5.57 Å². The van der Waals surface area contributed by atoms with Gasteiger partial charge < -0.3 is 4.90 Å². The molecule has 1 heterocycles. The van der Waals surface area contributed by atoms with E-state index in [0.717, 1.165) is 32.1 Å². The number of rotatable bonds is 7. The van der Waals surface area contributed by atoms with E-state index in [0.29, 0.717) is 5.92 Å². The van der Waals surface area contributed by atoms with Gasteiger partial charge >= 0.3 is 0 Å². The van der Waals surface area contributed by atoms with Gasteiger partial charge in [-0.2, -0.15) is 0 Å². The Bertz CT molecular complexity index is 3100. The van der Waals surface area contributed by atoms with Crippen LogP contribution < -0.4 is 4.90 Å². The fraction of sp³-hybridized carbons (Fsp3) is 0.284. The molecule has 4 aliphatic carbocycles. The smallest absolute Gasteiger partial charge is 0.0461 e. The summed E-state index contributed by atoms with van der Waals surface area (Å²) in [6.45, 7) is 25.3. The lowest BCUT2D eigenvalue weighted by atomic mass is 9.79. The highest BCUT2D eigenvalue weighted by molar-refractivity contribution is 7.25. The molecule has 1 nitrogen and oxygen atoms in total. The first kappa shape index (κ1) is 50.7. The first-order chi connectivity index (χ1) is 33.8. The Labute approximate surface area is 420 Å². The first-order valence-corrected chi connectivity index (χ1v) is 26.9. The number of fused-ring (bicyclic) bond motifs is 6. The summed E-state index contributed by atoms with van der Waals surface area (Å²) >= 11 is 1.90. The van der Waals surface area contributed by atoms with Gasteiger partial charge in [0.05, 0.1) is 0 Å². The van der Waals surface area contributed by atoms with Crippen LogP contribution in [0.1, 0.15) is 146 Å². The van der Waals surface area contributed by atoms with E-state index in [9.17, 15) is 0 Å². The van der Waals surface area contributed by atoms with Crippen LogP contribution in [-0.2, 0) is 5.41 Å². The molecular formula is C67H75NS. The van der Waals surface area contributed by atoms with Crippen LogP contribution in [0.25, 0.3) is 48.0 Å². The lowest BCUT2D eigenvalue weighted by Gasteiger charge is -2.31.